The standard InChI is InChI=1S/C14H9ClFIO3/c15-11-3-1-8(5-12(11)16)7-20-13-4-2-9(17)6-10(13)14(18)19/h1-6H,7H2,(H,18,19). The molecule has 2 aromatic rings. The molecule has 0 fully saturated rings. The average molecular weight is 407 g/mol. The van der Waals surface area contributed by atoms with Gasteiger partial charge in [0.05, 0.1) is 5.02 Å². The zero-order chi connectivity index (χ0) is 14.7. The van der Waals surface area contributed by atoms with E-state index in [0.29, 0.717) is 5.56 Å². The van der Waals surface area contributed by atoms with Crippen LogP contribution in [0.4, 0.5) is 4.39 Å². The Hall–Kier alpha value is -1.34. The van der Waals surface area contributed by atoms with Crippen molar-refractivity contribution in [1.29, 1.82) is 0 Å². The molecule has 0 aromatic heterocycles. The van der Waals surface area contributed by atoms with Crippen molar-refractivity contribution in [1.82, 2.24) is 0 Å². The van der Waals surface area contributed by atoms with Gasteiger partial charge in [-0.1, -0.05) is 17.7 Å². The number of hydrogen-bond acceptors (Lipinski definition) is 2. The normalized spacial score (nSPS) is 10.3. The Morgan fingerprint density at radius 3 is 2.70 bits per heavy atom. The third-order valence-electron chi connectivity index (χ3n) is 2.55. The van der Waals surface area contributed by atoms with Crippen LogP contribution < -0.4 is 4.74 Å². The Labute approximate surface area is 133 Å². The zero-order valence-electron chi connectivity index (χ0n) is 10.1. The number of benzene rings is 2. The van der Waals surface area contributed by atoms with Crippen LogP contribution in [0, 0.1) is 9.39 Å². The van der Waals surface area contributed by atoms with Crippen LogP contribution >= 0.6 is 34.2 Å². The molecule has 1 N–H and O–H groups in total. The molecular formula is C14H9ClFIO3. The maximum absolute atomic E-state index is 13.3. The largest absolute Gasteiger partial charge is 0.488 e. The number of carbonyl (C=O) groups is 1. The summed E-state index contributed by atoms with van der Waals surface area (Å²) in [4.78, 5) is 11.1. The molecule has 20 heavy (non-hydrogen) atoms. The third kappa shape index (κ3) is 3.61. The summed E-state index contributed by atoms with van der Waals surface area (Å²) in [6.45, 7) is 0.0644. The lowest BCUT2D eigenvalue weighted by Gasteiger charge is -2.10. The van der Waals surface area contributed by atoms with Crippen LogP contribution in [-0.2, 0) is 6.61 Å². The lowest BCUT2D eigenvalue weighted by molar-refractivity contribution is 0.0691. The van der Waals surface area contributed by atoms with E-state index < -0.39 is 11.8 Å². The van der Waals surface area contributed by atoms with E-state index in [9.17, 15) is 9.18 Å². The second kappa shape index (κ2) is 6.41. The fourth-order valence-electron chi connectivity index (χ4n) is 1.59. The number of rotatable bonds is 4. The Kier molecular flexibility index (Phi) is 4.82. The third-order valence-corrected chi connectivity index (χ3v) is 3.53. The molecule has 0 heterocycles. The van der Waals surface area contributed by atoms with E-state index in [0.717, 1.165) is 3.57 Å². The Bertz CT molecular complexity index is 661. The van der Waals surface area contributed by atoms with Gasteiger partial charge in [0.15, 0.2) is 0 Å². The molecular weight excluding hydrogens is 398 g/mol. The molecule has 0 aliphatic carbocycles. The van der Waals surface area contributed by atoms with Gasteiger partial charge < -0.3 is 9.84 Å². The van der Waals surface area contributed by atoms with E-state index in [2.05, 4.69) is 0 Å². The predicted molar refractivity (Wildman–Crippen MR) is 81.9 cm³/mol. The van der Waals surface area contributed by atoms with Crippen molar-refractivity contribution in [2.45, 2.75) is 6.61 Å². The molecule has 0 radical (unpaired) electrons. The molecule has 2 aromatic carbocycles. The molecule has 6 heteroatoms. The molecule has 3 nitrogen and oxygen atoms in total. The fourth-order valence-corrected chi connectivity index (χ4v) is 2.19. The van der Waals surface area contributed by atoms with Gasteiger partial charge in [-0.25, -0.2) is 9.18 Å². The summed E-state index contributed by atoms with van der Waals surface area (Å²) in [5.41, 5.74) is 0.646. The SMILES string of the molecule is O=C(O)c1cc(I)ccc1OCc1ccc(Cl)c(F)c1. The smallest absolute Gasteiger partial charge is 0.339 e. The van der Waals surface area contributed by atoms with Gasteiger partial charge in [-0.3, -0.25) is 0 Å². The summed E-state index contributed by atoms with van der Waals surface area (Å²) in [7, 11) is 0. The maximum Gasteiger partial charge on any atom is 0.339 e. The minimum Gasteiger partial charge on any atom is -0.488 e. The van der Waals surface area contributed by atoms with Crippen molar-refractivity contribution < 1.29 is 19.0 Å². The van der Waals surface area contributed by atoms with Crippen LogP contribution in [0.2, 0.25) is 5.02 Å². The van der Waals surface area contributed by atoms with Crippen LogP contribution in [0.5, 0.6) is 5.75 Å². The first-order valence-corrected chi connectivity index (χ1v) is 7.02. The Balaban J connectivity index is 2.18. The number of halogens is 3. The molecule has 0 saturated carbocycles. The van der Waals surface area contributed by atoms with E-state index in [-0.39, 0.29) is 22.9 Å². The number of carboxylic acid groups (broad SMARTS) is 1. The number of carboxylic acids is 1. The van der Waals surface area contributed by atoms with Crippen LogP contribution in [0.3, 0.4) is 0 Å². The number of hydrogen-bond donors (Lipinski definition) is 1. The summed E-state index contributed by atoms with van der Waals surface area (Å²) < 4.78 is 19.5. The quantitative estimate of drug-likeness (QED) is 0.768. The highest BCUT2D eigenvalue weighted by molar-refractivity contribution is 14.1. The first-order chi connectivity index (χ1) is 9.47. The molecule has 0 atom stereocenters. The van der Waals surface area contributed by atoms with E-state index in [4.69, 9.17) is 21.4 Å². The zero-order valence-corrected chi connectivity index (χ0v) is 13.0. The lowest BCUT2D eigenvalue weighted by atomic mass is 10.2. The van der Waals surface area contributed by atoms with Crippen molar-refractivity contribution in [3.63, 3.8) is 0 Å². The Morgan fingerprint density at radius 1 is 1.30 bits per heavy atom. The molecule has 0 bridgehead atoms. The average Bonchev–Trinajstić information content (AvgIpc) is 2.41. The minimum absolute atomic E-state index is 0.0363. The van der Waals surface area contributed by atoms with Gasteiger partial charge in [0.1, 0.15) is 23.7 Å². The van der Waals surface area contributed by atoms with Crippen molar-refractivity contribution >= 4 is 40.2 Å². The topological polar surface area (TPSA) is 46.5 Å². The van der Waals surface area contributed by atoms with E-state index >= 15 is 0 Å². The van der Waals surface area contributed by atoms with Gasteiger partial charge in [-0.05, 0) is 58.5 Å². The second-order valence-corrected chi connectivity index (χ2v) is 5.64. The molecule has 2 rings (SSSR count). The van der Waals surface area contributed by atoms with Crippen molar-refractivity contribution in [2.24, 2.45) is 0 Å². The molecule has 0 aliphatic heterocycles. The van der Waals surface area contributed by atoms with Gasteiger partial charge in [0.25, 0.3) is 0 Å². The molecule has 0 aliphatic rings. The monoisotopic (exact) mass is 406 g/mol. The van der Waals surface area contributed by atoms with Gasteiger partial charge in [-0.2, -0.15) is 0 Å². The van der Waals surface area contributed by atoms with Gasteiger partial charge >= 0.3 is 5.97 Å². The van der Waals surface area contributed by atoms with E-state index in [1.165, 1.54) is 18.2 Å². The van der Waals surface area contributed by atoms with Crippen molar-refractivity contribution in [2.75, 3.05) is 0 Å². The number of ether oxygens (including phenoxy) is 1. The summed E-state index contributed by atoms with van der Waals surface area (Å²) in [6.07, 6.45) is 0. The van der Waals surface area contributed by atoms with E-state index in [1.807, 2.05) is 22.6 Å². The molecule has 104 valence electrons. The first kappa shape index (κ1) is 15.1. The van der Waals surface area contributed by atoms with Gasteiger partial charge in [0.2, 0.25) is 0 Å². The highest BCUT2D eigenvalue weighted by atomic mass is 127. The van der Waals surface area contributed by atoms with Crippen LogP contribution in [0.25, 0.3) is 0 Å². The summed E-state index contributed by atoms with van der Waals surface area (Å²) in [6, 6.07) is 9.15. The fraction of sp³-hybridized carbons (Fsp3) is 0.0714. The van der Waals surface area contributed by atoms with Gasteiger partial charge in [0, 0.05) is 3.57 Å². The summed E-state index contributed by atoms with van der Waals surface area (Å²) in [5.74, 6) is -1.36. The number of aromatic carboxylic acids is 1. The van der Waals surface area contributed by atoms with Crippen molar-refractivity contribution in [3.8, 4) is 5.75 Å². The van der Waals surface area contributed by atoms with Gasteiger partial charge in [-0.15, -0.1) is 0 Å². The molecule has 0 spiro atoms. The second-order valence-electron chi connectivity index (χ2n) is 3.98. The maximum atomic E-state index is 13.3. The molecule has 0 saturated heterocycles. The summed E-state index contributed by atoms with van der Waals surface area (Å²) >= 11 is 7.61. The van der Waals surface area contributed by atoms with Crippen LogP contribution in [0.15, 0.2) is 36.4 Å². The summed E-state index contributed by atoms with van der Waals surface area (Å²) in [5, 5.41) is 9.14. The Morgan fingerprint density at radius 2 is 2.05 bits per heavy atom. The first-order valence-electron chi connectivity index (χ1n) is 5.57. The molecule has 0 amide bonds. The van der Waals surface area contributed by atoms with Crippen LogP contribution in [0.1, 0.15) is 15.9 Å². The predicted octanol–water partition coefficient (Wildman–Crippen LogP) is 4.36. The molecule has 0 unspecified atom stereocenters. The van der Waals surface area contributed by atoms with Crippen LogP contribution in [-0.4, -0.2) is 11.1 Å². The van der Waals surface area contributed by atoms with E-state index in [1.54, 1.807) is 18.2 Å². The minimum atomic E-state index is -1.07. The highest BCUT2D eigenvalue weighted by Crippen LogP contribution is 2.23. The van der Waals surface area contributed by atoms with Crippen molar-refractivity contribution in [3.05, 3.63) is 61.9 Å². The highest BCUT2D eigenvalue weighted by Gasteiger charge is 2.12. The lowest BCUT2D eigenvalue weighted by Crippen LogP contribution is -2.04.